The molecular weight excluding hydrogens is 462 g/mol. The van der Waals surface area contributed by atoms with E-state index in [1.165, 1.54) is 4.57 Å². The van der Waals surface area contributed by atoms with Crippen LogP contribution < -0.4 is 0 Å². The Hall–Kier alpha value is -5.08. The highest BCUT2D eigenvalue weighted by Crippen LogP contribution is 2.35. The molecule has 0 fully saturated rings. The van der Waals surface area contributed by atoms with Crippen LogP contribution in [0.25, 0.3) is 71.7 Å². The number of rotatable bonds is 3. The normalized spacial score (nSPS) is 14.6. The van der Waals surface area contributed by atoms with Crippen molar-refractivity contribution in [2.24, 2.45) is 0 Å². The number of nitrogens with zero attached hydrogens (tertiary/aromatic N) is 1. The monoisotopic (exact) mass is 493 g/mol. The van der Waals surface area contributed by atoms with Crippen LogP contribution in [-0.4, -0.2) is 4.57 Å². The Balaban J connectivity index is 1.27. The standard InChI is InChI=1S/C36H23NO/c1-4-13-33-29(10-1)30-11-2-5-14-34(30)37(33)28-19-16-24(17-20-28)25-8-7-9-26(22-25)27-18-21-32-31-12-3-6-15-35(31)38-36(32)23-27/h1-23H/i1D,2D,4D,5D,10D,11D,13D,14D. The van der Waals surface area contributed by atoms with Gasteiger partial charge in [0.2, 0.25) is 0 Å². The van der Waals surface area contributed by atoms with E-state index in [0.29, 0.717) is 5.69 Å². The Labute approximate surface area is 231 Å². The van der Waals surface area contributed by atoms with Gasteiger partial charge >= 0.3 is 0 Å². The van der Waals surface area contributed by atoms with Crippen molar-refractivity contribution in [3.05, 3.63) is 139 Å². The molecule has 0 spiro atoms. The molecule has 2 heterocycles. The van der Waals surface area contributed by atoms with Crippen LogP contribution in [-0.2, 0) is 0 Å². The van der Waals surface area contributed by atoms with Crippen LogP contribution in [0.1, 0.15) is 11.0 Å². The van der Waals surface area contributed by atoms with E-state index in [-0.39, 0.29) is 46.0 Å². The van der Waals surface area contributed by atoms with Crippen molar-refractivity contribution >= 4 is 43.7 Å². The van der Waals surface area contributed by atoms with Gasteiger partial charge in [-0.25, -0.2) is 0 Å². The molecule has 0 amide bonds. The van der Waals surface area contributed by atoms with E-state index in [1.54, 1.807) is 12.1 Å². The van der Waals surface area contributed by atoms with Crippen molar-refractivity contribution in [1.29, 1.82) is 0 Å². The van der Waals surface area contributed by atoms with Gasteiger partial charge in [0.05, 0.1) is 22.0 Å². The molecular formula is C36H23NO. The third-order valence-corrected chi connectivity index (χ3v) is 7.07. The quantitative estimate of drug-likeness (QED) is 0.239. The summed E-state index contributed by atoms with van der Waals surface area (Å²) in [6.07, 6.45) is 0. The average molecular weight is 494 g/mol. The SMILES string of the molecule is [2H]c1c([2H])c([2H])c2c(c1[2H])c1c([2H])c([2H])c([2H])c([2H])c1n2-c1ccc(-c2cccc(-c3ccc4c(c3)oc3ccccc34)c2)cc1. The lowest BCUT2D eigenvalue weighted by Crippen LogP contribution is -1.93. The highest BCUT2D eigenvalue weighted by atomic mass is 16.3. The van der Waals surface area contributed by atoms with E-state index in [9.17, 15) is 0 Å². The van der Waals surface area contributed by atoms with Crippen LogP contribution in [0.3, 0.4) is 0 Å². The zero-order valence-electron chi connectivity index (χ0n) is 28.0. The number of hydrogen-bond acceptors (Lipinski definition) is 1. The van der Waals surface area contributed by atoms with Gasteiger partial charge in [0.25, 0.3) is 0 Å². The van der Waals surface area contributed by atoms with Gasteiger partial charge in [-0.2, -0.15) is 0 Å². The fourth-order valence-electron chi connectivity index (χ4n) is 5.27. The van der Waals surface area contributed by atoms with Gasteiger partial charge in [-0.15, -0.1) is 0 Å². The van der Waals surface area contributed by atoms with E-state index in [0.717, 1.165) is 44.2 Å². The molecule has 2 nitrogen and oxygen atoms in total. The molecule has 8 rings (SSSR count). The molecule has 0 saturated carbocycles. The summed E-state index contributed by atoms with van der Waals surface area (Å²) >= 11 is 0. The van der Waals surface area contributed by atoms with Crippen molar-refractivity contribution < 1.29 is 15.4 Å². The Kier molecular flexibility index (Phi) is 3.16. The fourth-order valence-corrected chi connectivity index (χ4v) is 5.27. The van der Waals surface area contributed by atoms with Crippen molar-refractivity contribution in [3.8, 4) is 27.9 Å². The third kappa shape index (κ3) is 3.21. The largest absolute Gasteiger partial charge is 0.456 e. The summed E-state index contributed by atoms with van der Waals surface area (Å²) in [6, 6.07) is 26.5. The maximum atomic E-state index is 8.73. The summed E-state index contributed by atoms with van der Waals surface area (Å²) in [6.45, 7) is 0. The van der Waals surface area contributed by atoms with Crippen LogP contribution in [0, 0.1) is 0 Å². The molecule has 0 aliphatic carbocycles. The number of aromatic nitrogens is 1. The second-order valence-electron chi connectivity index (χ2n) is 9.22. The highest BCUT2D eigenvalue weighted by Gasteiger charge is 2.12. The Morgan fingerprint density at radius 3 is 1.84 bits per heavy atom. The number of benzene rings is 6. The van der Waals surface area contributed by atoms with Gasteiger partial charge < -0.3 is 8.98 Å². The lowest BCUT2D eigenvalue weighted by atomic mass is 9.98. The van der Waals surface area contributed by atoms with Crippen molar-refractivity contribution in [2.45, 2.75) is 0 Å². The van der Waals surface area contributed by atoms with Gasteiger partial charge in [-0.3, -0.25) is 0 Å². The fraction of sp³-hybridized carbons (Fsp3) is 0. The molecule has 0 aliphatic heterocycles. The van der Waals surface area contributed by atoms with Crippen LogP contribution >= 0.6 is 0 Å². The summed E-state index contributed by atoms with van der Waals surface area (Å²) in [7, 11) is 0. The molecule has 2 aromatic heterocycles. The average Bonchev–Trinajstić information content (AvgIpc) is 3.64. The molecule has 0 N–H and O–H groups in total. The lowest BCUT2D eigenvalue weighted by Gasteiger charge is -2.10. The van der Waals surface area contributed by atoms with E-state index in [1.807, 2.05) is 54.6 Å². The summed E-state index contributed by atoms with van der Waals surface area (Å²) in [5.74, 6) is 0. The Bertz CT molecular complexity index is 2490. The smallest absolute Gasteiger partial charge is 0.136 e. The molecule has 38 heavy (non-hydrogen) atoms. The summed E-state index contributed by atoms with van der Waals surface area (Å²) in [4.78, 5) is 0. The predicted molar refractivity (Wildman–Crippen MR) is 159 cm³/mol. The molecule has 6 aromatic carbocycles. The van der Waals surface area contributed by atoms with Gasteiger partial charge in [0, 0.05) is 27.2 Å². The topological polar surface area (TPSA) is 18.1 Å². The molecule has 0 atom stereocenters. The third-order valence-electron chi connectivity index (χ3n) is 7.07. The first-order valence-electron chi connectivity index (χ1n) is 16.3. The van der Waals surface area contributed by atoms with Crippen LogP contribution in [0.5, 0.6) is 0 Å². The molecule has 0 unspecified atom stereocenters. The minimum atomic E-state index is -0.460. The number of furan rings is 1. The maximum absolute atomic E-state index is 8.73. The van der Waals surface area contributed by atoms with Crippen LogP contribution in [0.4, 0.5) is 0 Å². The summed E-state index contributed by atoms with van der Waals surface area (Å²) in [5, 5.41) is 2.26. The number of fused-ring (bicyclic) bond motifs is 6. The zero-order valence-corrected chi connectivity index (χ0v) is 20.0. The highest BCUT2D eigenvalue weighted by molar-refractivity contribution is 6.09. The Morgan fingerprint density at radius 2 is 1.08 bits per heavy atom. The summed E-state index contributed by atoms with van der Waals surface area (Å²) < 4.78 is 75.4. The summed E-state index contributed by atoms with van der Waals surface area (Å²) in [5.41, 5.74) is 6.25. The van der Waals surface area contributed by atoms with Gasteiger partial charge in [0.1, 0.15) is 11.2 Å². The minimum absolute atomic E-state index is 0.0613. The minimum Gasteiger partial charge on any atom is -0.456 e. The molecule has 8 aromatic rings. The first-order chi connectivity index (χ1) is 22.2. The molecule has 178 valence electrons. The second kappa shape index (κ2) is 8.22. The molecule has 0 radical (unpaired) electrons. The number of para-hydroxylation sites is 3. The van der Waals surface area contributed by atoms with Crippen molar-refractivity contribution in [2.75, 3.05) is 0 Å². The van der Waals surface area contributed by atoms with Crippen molar-refractivity contribution in [3.63, 3.8) is 0 Å². The van der Waals surface area contributed by atoms with Crippen LogP contribution in [0.15, 0.2) is 144 Å². The predicted octanol–water partition coefficient (Wildman–Crippen LogP) is 10.0. The van der Waals surface area contributed by atoms with Crippen LogP contribution in [0.2, 0.25) is 0 Å². The molecule has 0 saturated heterocycles. The van der Waals surface area contributed by atoms with E-state index in [4.69, 9.17) is 15.4 Å². The van der Waals surface area contributed by atoms with E-state index in [2.05, 4.69) is 24.3 Å². The van der Waals surface area contributed by atoms with Gasteiger partial charge in [0.15, 0.2) is 0 Å². The maximum Gasteiger partial charge on any atom is 0.136 e. The van der Waals surface area contributed by atoms with Crippen molar-refractivity contribution in [1.82, 2.24) is 4.57 Å². The Morgan fingerprint density at radius 1 is 0.474 bits per heavy atom. The number of hydrogen-bond donors (Lipinski definition) is 0. The van der Waals surface area contributed by atoms with E-state index < -0.39 is 24.2 Å². The molecule has 2 heteroatoms. The van der Waals surface area contributed by atoms with Gasteiger partial charge in [-0.1, -0.05) is 90.9 Å². The van der Waals surface area contributed by atoms with E-state index >= 15 is 0 Å². The zero-order chi connectivity index (χ0) is 32.0. The lowest BCUT2D eigenvalue weighted by molar-refractivity contribution is 0.669. The first-order valence-corrected chi connectivity index (χ1v) is 12.3. The molecule has 0 aliphatic rings. The second-order valence-corrected chi connectivity index (χ2v) is 9.22. The van der Waals surface area contributed by atoms with Gasteiger partial charge in [-0.05, 0) is 70.7 Å². The molecule has 0 bridgehead atoms. The first kappa shape index (κ1) is 14.6.